The molecule has 3 amide bonds. The first-order valence-corrected chi connectivity index (χ1v) is 20.0. The molecule has 1 aliphatic carbocycles. The Labute approximate surface area is 344 Å². The molecular weight excluding hydrogens is 768 g/mol. The molecular formula is C41H58N6O12. The molecule has 324 valence electrons. The van der Waals surface area contributed by atoms with Gasteiger partial charge in [-0.3, -0.25) is 14.4 Å². The van der Waals surface area contributed by atoms with Crippen molar-refractivity contribution in [2.75, 3.05) is 65.9 Å². The van der Waals surface area contributed by atoms with Crippen LogP contribution in [0.15, 0.2) is 54.3 Å². The molecule has 0 saturated carbocycles. The van der Waals surface area contributed by atoms with Crippen molar-refractivity contribution in [3.8, 4) is 23.6 Å². The third kappa shape index (κ3) is 16.6. The molecule has 4 rings (SSSR count). The van der Waals surface area contributed by atoms with Gasteiger partial charge in [0, 0.05) is 37.1 Å². The lowest BCUT2D eigenvalue weighted by molar-refractivity contribution is -0.300. The maximum atomic E-state index is 12.9. The largest absolute Gasteiger partial charge is 0.394 e. The number of benzene rings is 1. The number of unbranched alkanes of at least 4 members (excludes halogenated alkanes) is 1. The predicted molar refractivity (Wildman–Crippen MR) is 213 cm³/mol. The number of hydrogen-bond donors (Lipinski definition) is 7. The van der Waals surface area contributed by atoms with Gasteiger partial charge in [-0.25, -0.2) is 4.68 Å². The number of aliphatic hydroxyl groups excluding tert-OH is 4. The third-order valence-electron chi connectivity index (χ3n) is 9.49. The maximum Gasteiger partial charge on any atom is 0.248 e. The Bertz CT molecular complexity index is 1680. The summed E-state index contributed by atoms with van der Waals surface area (Å²) < 4.78 is 29.5. The van der Waals surface area contributed by atoms with Crippen LogP contribution in [0.2, 0.25) is 0 Å². The Kier molecular flexibility index (Phi) is 21.2. The van der Waals surface area contributed by atoms with Gasteiger partial charge in [0.1, 0.15) is 36.2 Å². The number of carbonyl (C=O) groups excluding carboxylic acids is 3. The van der Waals surface area contributed by atoms with E-state index < -0.39 is 43.4 Å². The molecule has 1 aliphatic heterocycles. The maximum absolute atomic E-state index is 12.9. The van der Waals surface area contributed by atoms with Crippen molar-refractivity contribution in [1.29, 1.82) is 0 Å². The smallest absolute Gasteiger partial charge is 0.248 e. The number of amides is 3. The fourth-order valence-electron chi connectivity index (χ4n) is 6.06. The highest BCUT2D eigenvalue weighted by molar-refractivity contribution is 5.97. The normalized spacial score (nSPS) is 20.5. The van der Waals surface area contributed by atoms with E-state index in [1.54, 1.807) is 10.8 Å². The fourth-order valence-corrected chi connectivity index (χ4v) is 6.06. The molecule has 2 heterocycles. The molecule has 6 atom stereocenters. The number of terminal acetylenes is 1. The summed E-state index contributed by atoms with van der Waals surface area (Å²) in [6.07, 6.45) is 9.31. The number of carbonyl (C=O) groups is 3. The molecule has 2 aromatic rings. The van der Waals surface area contributed by atoms with Gasteiger partial charge in [0.25, 0.3) is 0 Å². The van der Waals surface area contributed by atoms with E-state index in [9.17, 15) is 34.8 Å². The van der Waals surface area contributed by atoms with Crippen molar-refractivity contribution >= 4 is 17.7 Å². The molecule has 7 N–H and O–H groups in total. The Morgan fingerprint density at radius 1 is 0.932 bits per heavy atom. The zero-order chi connectivity index (χ0) is 42.2. The Morgan fingerprint density at radius 3 is 2.39 bits per heavy atom. The molecule has 0 bridgehead atoms. The average molecular weight is 827 g/mol. The van der Waals surface area contributed by atoms with Crippen molar-refractivity contribution in [2.24, 2.45) is 0 Å². The van der Waals surface area contributed by atoms with Crippen molar-refractivity contribution in [2.45, 2.75) is 88.2 Å². The number of allylic oxidation sites excluding steroid dienone is 3. The summed E-state index contributed by atoms with van der Waals surface area (Å²) in [6, 6.07) is 6.95. The number of nitrogens with one attached hydrogen (secondary N) is 3. The number of ether oxygens (including phenoxy) is 5. The monoisotopic (exact) mass is 826 g/mol. The summed E-state index contributed by atoms with van der Waals surface area (Å²) in [4.78, 5) is 37.3. The predicted octanol–water partition coefficient (Wildman–Crippen LogP) is -0.459. The van der Waals surface area contributed by atoms with E-state index in [1.807, 2.05) is 42.6 Å². The summed E-state index contributed by atoms with van der Waals surface area (Å²) in [5.41, 5.74) is 3.13. The molecule has 59 heavy (non-hydrogen) atoms. The van der Waals surface area contributed by atoms with Crippen LogP contribution in [0.5, 0.6) is 0 Å². The van der Waals surface area contributed by atoms with Crippen molar-refractivity contribution in [1.82, 2.24) is 30.9 Å². The fraction of sp³-hybridized carbons (Fsp3) is 0.585. The molecule has 0 spiro atoms. The summed E-state index contributed by atoms with van der Waals surface area (Å²) in [6.45, 7) is 3.05. The lowest BCUT2D eigenvalue weighted by Gasteiger charge is -2.39. The molecule has 0 radical (unpaired) electrons. The van der Waals surface area contributed by atoms with Crippen LogP contribution in [0, 0.1) is 12.3 Å². The van der Waals surface area contributed by atoms with Crippen LogP contribution < -0.4 is 16.0 Å². The lowest BCUT2D eigenvalue weighted by Crippen LogP contribution is -2.59. The number of nitrogens with zero attached hydrogens (tertiary/aromatic N) is 3. The second kappa shape index (κ2) is 26.5. The number of rotatable bonds is 28. The van der Waals surface area contributed by atoms with Crippen molar-refractivity contribution < 1.29 is 58.5 Å². The quantitative estimate of drug-likeness (QED) is 0.0425. The highest BCUT2D eigenvalue weighted by Gasteiger charge is 2.44. The van der Waals surface area contributed by atoms with Gasteiger partial charge in [0.2, 0.25) is 17.7 Å². The summed E-state index contributed by atoms with van der Waals surface area (Å²) in [7, 11) is 0. The molecule has 1 aromatic carbocycles. The molecule has 1 saturated heterocycles. The highest BCUT2D eigenvalue weighted by atomic mass is 16.7. The molecule has 18 heteroatoms. The van der Waals surface area contributed by atoms with Crippen LogP contribution >= 0.6 is 0 Å². The van der Waals surface area contributed by atoms with Gasteiger partial charge in [0.15, 0.2) is 6.29 Å². The summed E-state index contributed by atoms with van der Waals surface area (Å²) >= 11 is 0. The average Bonchev–Trinajstić information content (AvgIpc) is 3.97. The van der Waals surface area contributed by atoms with E-state index in [4.69, 9.17) is 30.1 Å². The summed E-state index contributed by atoms with van der Waals surface area (Å²) in [5, 5.41) is 56.2. The van der Waals surface area contributed by atoms with E-state index in [0.717, 1.165) is 11.1 Å². The minimum atomic E-state index is -1.48. The first-order chi connectivity index (χ1) is 28.7. The SMILES string of the molecule is C#CCCC(=O)NCCCC[C@H](NC(=O)C1=CC=CC1)C(=O)NCCOCCOCCOCCn1cc(-c2ccc(CCO[C@@H]3O[C@H](CO)[C@@H](O)[C@H](O)[C@H]3O)cc2)nn1. The van der Waals surface area contributed by atoms with Crippen LogP contribution in [0.1, 0.15) is 44.1 Å². The van der Waals surface area contributed by atoms with Crippen LogP contribution in [0.4, 0.5) is 0 Å². The van der Waals surface area contributed by atoms with Crippen LogP contribution in [-0.2, 0) is 51.0 Å². The Hall–Kier alpha value is -4.55. The van der Waals surface area contributed by atoms with Crippen LogP contribution in [0.25, 0.3) is 11.3 Å². The zero-order valence-corrected chi connectivity index (χ0v) is 33.3. The van der Waals surface area contributed by atoms with Gasteiger partial charge in [-0.05, 0) is 37.7 Å². The van der Waals surface area contributed by atoms with Gasteiger partial charge in [-0.1, -0.05) is 47.7 Å². The topological polar surface area (TPSA) is 245 Å². The molecule has 2 aliphatic rings. The van der Waals surface area contributed by atoms with E-state index in [0.29, 0.717) is 95.9 Å². The third-order valence-corrected chi connectivity index (χ3v) is 9.49. The van der Waals surface area contributed by atoms with Crippen LogP contribution in [0.3, 0.4) is 0 Å². The molecule has 18 nitrogen and oxygen atoms in total. The lowest BCUT2D eigenvalue weighted by atomic mass is 9.99. The van der Waals surface area contributed by atoms with Gasteiger partial charge >= 0.3 is 0 Å². The minimum Gasteiger partial charge on any atom is -0.394 e. The number of aromatic nitrogens is 3. The highest BCUT2D eigenvalue weighted by Crippen LogP contribution is 2.23. The van der Waals surface area contributed by atoms with Gasteiger partial charge in [-0.15, -0.1) is 17.4 Å². The van der Waals surface area contributed by atoms with Crippen LogP contribution in [-0.4, -0.2) is 156 Å². The summed E-state index contributed by atoms with van der Waals surface area (Å²) in [5.74, 6) is 1.76. The molecule has 0 unspecified atom stereocenters. The van der Waals surface area contributed by atoms with Crippen molar-refractivity contribution in [3.63, 3.8) is 0 Å². The van der Waals surface area contributed by atoms with Gasteiger partial charge in [0.05, 0.1) is 65.6 Å². The molecule has 1 fully saturated rings. The van der Waals surface area contributed by atoms with E-state index in [1.165, 1.54) is 0 Å². The number of aliphatic hydroxyl groups is 4. The van der Waals surface area contributed by atoms with Gasteiger partial charge in [-0.2, -0.15) is 0 Å². The first-order valence-electron chi connectivity index (χ1n) is 20.0. The van der Waals surface area contributed by atoms with Gasteiger partial charge < -0.3 is 60.1 Å². The minimum absolute atomic E-state index is 0.107. The van der Waals surface area contributed by atoms with E-state index in [-0.39, 0.29) is 43.9 Å². The van der Waals surface area contributed by atoms with E-state index >= 15 is 0 Å². The second-order valence-corrected chi connectivity index (χ2v) is 13.9. The first kappa shape index (κ1) is 47.1. The standard InChI is InChI=1S/C41H58N6O12/c1-2-3-11-35(49)42-17-7-6-10-32(44-39(53)31-8-4-5-9-31)40(54)43-18-21-55-23-25-57-26-24-56-22-19-47-27-33(45-46-47)30-14-12-29(13-15-30)16-20-58-41-38(52)37(51)36(50)34(28-48)59-41/h1,4-5,8,12-15,27,32,34,36-38,41,48,50-52H,3,6-7,9-11,16-26,28H2,(H,42,49)(H,43,54)(H,44,53)/t32-,34+,36+,37-,38+,41+/m0/s1. The zero-order valence-electron chi connectivity index (χ0n) is 33.3. The van der Waals surface area contributed by atoms with E-state index in [2.05, 4.69) is 32.2 Å². The second-order valence-electron chi connectivity index (χ2n) is 13.9. The molecule has 1 aromatic heterocycles. The Balaban J connectivity index is 1.01. The Morgan fingerprint density at radius 2 is 1.68 bits per heavy atom. The number of hydrogen-bond acceptors (Lipinski definition) is 14. The van der Waals surface area contributed by atoms with Crippen molar-refractivity contribution in [3.05, 3.63) is 59.8 Å².